The van der Waals surface area contributed by atoms with Crippen LogP contribution in [-0.4, -0.2) is 30.5 Å². The molecule has 1 saturated heterocycles. The van der Waals surface area contributed by atoms with Gasteiger partial charge in [0, 0.05) is 16.6 Å². The maximum absolute atomic E-state index is 14.0. The molecule has 29 heavy (non-hydrogen) atoms. The lowest BCUT2D eigenvalue weighted by Gasteiger charge is -2.53. The van der Waals surface area contributed by atoms with Crippen LogP contribution in [0.3, 0.4) is 0 Å². The molecule has 0 aliphatic carbocycles. The largest absolute Gasteiger partial charge is 0.332 e. The predicted octanol–water partition coefficient (Wildman–Crippen LogP) is 5.40. The second kappa shape index (κ2) is 7.60. The highest BCUT2D eigenvalue weighted by molar-refractivity contribution is 7.94. The van der Waals surface area contributed by atoms with Crippen LogP contribution in [0.4, 0.5) is 0 Å². The van der Waals surface area contributed by atoms with Crippen LogP contribution in [0, 0.1) is 0 Å². The van der Waals surface area contributed by atoms with E-state index in [1.165, 1.54) is 13.8 Å². The average molecular weight is 454 g/mol. The maximum atomic E-state index is 14.0. The second-order valence-electron chi connectivity index (χ2n) is 8.08. The van der Waals surface area contributed by atoms with Crippen molar-refractivity contribution in [1.29, 1.82) is 0 Å². The van der Waals surface area contributed by atoms with Crippen molar-refractivity contribution in [2.75, 3.05) is 6.54 Å². The summed E-state index contributed by atoms with van der Waals surface area (Å²) >= 11 is 12.3. The first-order valence-electron chi connectivity index (χ1n) is 9.55. The van der Waals surface area contributed by atoms with Crippen LogP contribution in [0.1, 0.15) is 51.3 Å². The fourth-order valence-corrected chi connectivity index (χ4v) is 7.00. The Bertz CT molecular complexity index is 1030. The Morgan fingerprint density at radius 1 is 1.00 bits per heavy atom. The number of nitrogens with zero attached hydrogens (tertiary/aromatic N) is 1. The molecule has 4 nitrogen and oxygen atoms in total. The minimum Gasteiger partial charge on any atom is -0.332 e. The maximum Gasteiger partial charge on any atom is 0.244 e. The number of halogens is 2. The molecule has 2 atom stereocenters. The van der Waals surface area contributed by atoms with Crippen molar-refractivity contribution in [1.82, 2.24) is 4.90 Å². The van der Waals surface area contributed by atoms with Crippen molar-refractivity contribution >= 4 is 38.9 Å². The predicted molar refractivity (Wildman–Crippen MR) is 118 cm³/mol. The molecule has 156 valence electrons. The molecule has 2 aromatic rings. The van der Waals surface area contributed by atoms with Gasteiger partial charge < -0.3 is 4.90 Å². The van der Waals surface area contributed by atoms with Crippen LogP contribution < -0.4 is 0 Å². The summed E-state index contributed by atoms with van der Waals surface area (Å²) in [4.78, 5) is 15.1. The van der Waals surface area contributed by atoms with Gasteiger partial charge in [0.15, 0.2) is 9.84 Å². The van der Waals surface area contributed by atoms with Gasteiger partial charge in [-0.05, 0) is 62.6 Å². The van der Waals surface area contributed by atoms with Gasteiger partial charge in [0.25, 0.3) is 0 Å². The van der Waals surface area contributed by atoms with Crippen LogP contribution in [0.15, 0.2) is 48.5 Å². The molecule has 2 aromatic carbocycles. The quantitative estimate of drug-likeness (QED) is 0.622. The monoisotopic (exact) mass is 453 g/mol. The highest BCUT2D eigenvalue weighted by Gasteiger charge is 2.64. The number of hydrogen-bond donors (Lipinski definition) is 0. The first kappa shape index (κ1) is 22.1. The van der Waals surface area contributed by atoms with E-state index in [9.17, 15) is 13.2 Å². The van der Waals surface area contributed by atoms with Crippen LogP contribution in [-0.2, 0) is 19.4 Å². The highest BCUT2D eigenvalue weighted by Crippen LogP contribution is 2.54. The molecule has 1 aliphatic rings. The summed E-state index contributed by atoms with van der Waals surface area (Å²) in [7, 11) is -3.96. The molecule has 0 radical (unpaired) electrons. The molecule has 1 fully saturated rings. The Morgan fingerprint density at radius 2 is 1.62 bits per heavy atom. The minimum absolute atomic E-state index is 0.390. The molecule has 0 bridgehead atoms. The van der Waals surface area contributed by atoms with E-state index < -0.39 is 25.4 Å². The van der Waals surface area contributed by atoms with Gasteiger partial charge in [-0.15, -0.1) is 0 Å². The number of rotatable bonds is 4. The average Bonchev–Trinajstić information content (AvgIpc) is 2.67. The highest BCUT2D eigenvalue weighted by atomic mass is 35.5. The molecular weight excluding hydrogens is 429 g/mol. The summed E-state index contributed by atoms with van der Waals surface area (Å²) in [5.41, 5.74) is 1.28. The van der Waals surface area contributed by atoms with Gasteiger partial charge in [0.2, 0.25) is 5.91 Å². The topological polar surface area (TPSA) is 54.5 Å². The third kappa shape index (κ3) is 3.28. The van der Waals surface area contributed by atoms with Crippen LogP contribution in [0.2, 0.25) is 10.0 Å². The zero-order chi connectivity index (χ0) is 21.6. The number of benzene rings is 2. The number of sulfone groups is 1. The van der Waals surface area contributed by atoms with Gasteiger partial charge in [0.05, 0.1) is 6.04 Å². The van der Waals surface area contributed by atoms with Gasteiger partial charge in [-0.1, -0.05) is 54.4 Å². The molecule has 0 N–H and O–H groups in total. The number of carbonyl (C=O) groups is 1. The van der Waals surface area contributed by atoms with Gasteiger partial charge in [-0.2, -0.15) is 0 Å². The van der Waals surface area contributed by atoms with Crippen molar-refractivity contribution in [3.8, 4) is 0 Å². The van der Waals surface area contributed by atoms with E-state index in [2.05, 4.69) is 0 Å². The first-order chi connectivity index (χ1) is 13.5. The smallest absolute Gasteiger partial charge is 0.244 e. The fraction of sp³-hybridized carbons (Fsp3) is 0.409. The van der Waals surface area contributed by atoms with Crippen LogP contribution in [0.5, 0.6) is 0 Å². The number of carbonyl (C=O) groups excluding carboxylic acids is 1. The Balaban J connectivity index is 2.39. The Hall–Kier alpha value is -1.56. The molecule has 0 aromatic heterocycles. The lowest BCUT2D eigenvalue weighted by molar-refractivity contribution is -0.138. The van der Waals surface area contributed by atoms with E-state index in [1.54, 1.807) is 60.4 Å². The Labute approximate surface area is 182 Å². The van der Waals surface area contributed by atoms with E-state index in [0.29, 0.717) is 28.6 Å². The minimum atomic E-state index is -3.96. The van der Waals surface area contributed by atoms with Crippen molar-refractivity contribution in [3.05, 3.63) is 69.7 Å². The molecular formula is C22H25Cl2NO3S. The van der Waals surface area contributed by atoms with E-state index in [0.717, 1.165) is 5.56 Å². The van der Waals surface area contributed by atoms with Crippen molar-refractivity contribution < 1.29 is 13.2 Å². The summed E-state index contributed by atoms with van der Waals surface area (Å²) in [5, 5.41) is 0.996. The summed E-state index contributed by atoms with van der Waals surface area (Å²) in [5.74, 6) is -0.390. The summed E-state index contributed by atoms with van der Waals surface area (Å²) < 4.78 is 25.0. The third-order valence-electron chi connectivity index (χ3n) is 5.89. The summed E-state index contributed by atoms with van der Waals surface area (Å²) in [6.07, 6.45) is 0.706. The van der Waals surface area contributed by atoms with E-state index in [4.69, 9.17) is 23.2 Å². The molecule has 0 saturated carbocycles. The molecule has 0 spiro atoms. The standard InChI is InChI=1S/C22H25Cl2NO3S/c1-5-13-25-19(15-9-11-17(23)12-10-15)22(4,16-7-6-8-18(24)14-16)29(27,28)21(2,3)20(25)26/h6-12,14,19H,5,13H2,1-4H3/t19-,22+/m1/s1. The fourth-order valence-electron chi connectivity index (χ4n) is 4.28. The van der Waals surface area contributed by atoms with Crippen LogP contribution >= 0.6 is 23.2 Å². The van der Waals surface area contributed by atoms with Gasteiger partial charge in [0.1, 0.15) is 9.49 Å². The molecule has 7 heteroatoms. The van der Waals surface area contributed by atoms with E-state index >= 15 is 0 Å². The van der Waals surface area contributed by atoms with Crippen molar-refractivity contribution in [2.24, 2.45) is 0 Å². The van der Waals surface area contributed by atoms with E-state index in [-0.39, 0.29) is 5.91 Å². The SMILES string of the molecule is CCCN1C(=O)C(C)(C)S(=O)(=O)[C@@](C)(c2cccc(Cl)c2)[C@H]1c1ccc(Cl)cc1. The Morgan fingerprint density at radius 3 is 2.17 bits per heavy atom. The lowest BCUT2D eigenvalue weighted by Crippen LogP contribution is -2.66. The molecule has 1 aliphatic heterocycles. The molecule has 0 unspecified atom stereocenters. The summed E-state index contributed by atoms with van der Waals surface area (Å²) in [6, 6.07) is 13.2. The Kier molecular flexibility index (Phi) is 5.80. The molecule has 3 rings (SSSR count). The lowest BCUT2D eigenvalue weighted by atomic mass is 9.85. The second-order valence-corrected chi connectivity index (χ2v) is 11.8. The first-order valence-corrected chi connectivity index (χ1v) is 11.8. The van der Waals surface area contributed by atoms with Gasteiger partial charge in [-0.3, -0.25) is 4.79 Å². The number of amides is 1. The van der Waals surface area contributed by atoms with Crippen LogP contribution in [0.25, 0.3) is 0 Å². The number of hydrogen-bond acceptors (Lipinski definition) is 3. The van der Waals surface area contributed by atoms with Gasteiger partial charge in [-0.25, -0.2) is 8.42 Å². The zero-order valence-electron chi connectivity index (χ0n) is 16.9. The molecule has 1 heterocycles. The van der Waals surface area contributed by atoms with E-state index in [1.807, 2.05) is 6.92 Å². The third-order valence-corrected chi connectivity index (χ3v) is 9.47. The van der Waals surface area contributed by atoms with Gasteiger partial charge >= 0.3 is 0 Å². The molecule has 1 amide bonds. The zero-order valence-corrected chi connectivity index (χ0v) is 19.3. The normalized spacial score (nSPS) is 25.8. The summed E-state index contributed by atoms with van der Waals surface area (Å²) in [6.45, 7) is 7.10. The van der Waals surface area contributed by atoms with Crippen molar-refractivity contribution in [2.45, 2.75) is 49.7 Å². The van der Waals surface area contributed by atoms with Crippen molar-refractivity contribution in [3.63, 3.8) is 0 Å².